The molecular weight excluding hydrogens is 296 g/mol. The van der Waals surface area contributed by atoms with Crippen LogP contribution in [0.4, 0.5) is 0 Å². The third kappa shape index (κ3) is 6.34. The van der Waals surface area contributed by atoms with Crippen molar-refractivity contribution in [2.75, 3.05) is 0 Å². The van der Waals surface area contributed by atoms with Crippen molar-refractivity contribution < 1.29 is 0 Å². The Morgan fingerprint density at radius 3 is 1.54 bits per heavy atom. The second-order valence-electron chi connectivity index (χ2n) is 7.33. The molecule has 0 saturated heterocycles. The third-order valence-corrected chi connectivity index (χ3v) is 3.70. The number of aromatic nitrogens is 4. The van der Waals surface area contributed by atoms with Gasteiger partial charge in [0.05, 0.1) is 0 Å². The van der Waals surface area contributed by atoms with Gasteiger partial charge in [0.1, 0.15) is 12.2 Å². The van der Waals surface area contributed by atoms with Crippen LogP contribution in [0.2, 0.25) is 0 Å². The number of hydrogen-bond acceptors (Lipinski definition) is 4. The molecule has 2 heterocycles. The molecule has 2 rings (SSSR count). The van der Waals surface area contributed by atoms with Gasteiger partial charge >= 0.3 is 0 Å². The lowest BCUT2D eigenvalue weighted by Crippen LogP contribution is -2.01. The zero-order chi connectivity index (χ0) is 18.3. The van der Waals surface area contributed by atoms with Gasteiger partial charge in [0.2, 0.25) is 0 Å². The van der Waals surface area contributed by atoms with Crippen molar-refractivity contribution in [3.63, 3.8) is 0 Å². The maximum atomic E-state index is 4.46. The van der Waals surface area contributed by atoms with Gasteiger partial charge in [-0.3, -0.25) is 0 Å². The third-order valence-electron chi connectivity index (χ3n) is 3.70. The lowest BCUT2D eigenvalue weighted by atomic mass is 10.1. The van der Waals surface area contributed by atoms with Crippen LogP contribution < -0.4 is 0 Å². The summed E-state index contributed by atoms with van der Waals surface area (Å²) in [5.74, 6) is 2.84. The van der Waals surface area contributed by atoms with E-state index in [9.17, 15) is 0 Å². The van der Waals surface area contributed by atoms with Crippen LogP contribution in [0.3, 0.4) is 0 Å². The van der Waals surface area contributed by atoms with Gasteiger partial charge in [-0.2, -0.15) is 0 Å². The van der Waals surface area contributed by atoms with Crippen molar-refractivity contribution in [1.29, 1.82) is 0 Å². The Hall–Kier alpha value is -1.84. The summed E-state index contributed by atoms with van der Waals surface area (Å²) in [6.07, 6.45) is 3.50. The molecule has 0 aromatic carbocycles. The summed E-state index contributed by atoms with van der Waals surface area (Å²) in [6.45, 7) is 17.1. The maximum absolute atomic E-state index is 4.46. The van der Waals surface area contributed by atoms with Crippen LogP contribution in [0, 0.1) is 0 Å². The Kier molecular flexibility index (Phi) is 7.96. The van der Waals surface area contributed by atoms with E-state index in [0.717, 1.165) is 22.9 Å². The van der Waals surface area contributed by atoms with Crippen LogP contribution in [-0.2, 0) is 0 Å². The van der Waals surface area contributed by atoms with Crippen LogP contribution in [0.25, 0.3) is 0 Å². The first kappa shape index (κ1) is 20.2. The van der Waals surface area contributed by atoms with E-state index in [1.807, 2.05) is 12.3 Å². The molecule has 0 saturated carbocycles. The first-order valence-corrected chi connectivity index (χ1v) is 8.87. The summed E-state index contributed by atoms with van der Waals surface area (Å²) >= 11 is 0. The lowest BCUT2D eigenvalue weighted by Gasteiger charge is -2.07. The Morgan fingerprint density at radius 2 is 1.12 bits per heavy atom. The summed E-state index contributed by atoms with van der Waals surface area (Å²) in [7, 11) is 0. The van der Waals surface area contributed by atoms with Crippen LogP contribution in [-0.4, -0.2) is 19.9 Å². The van der Waals surface area contributed by atoms with E-state index in [0.29, 0.717) is 23.7 Å². The summed E-state index contributed by atoms with van der Waals surface area (Å²) in [5, 5.41) is 0. The van der Waals surface area contributed by atoms with E-state index in [4.69, 9.17) is 0 Å². The van der Waals surface area contributed by atoms with Crippen LogP contribution in [0.5, 0.6) is 0 Å². The predicted molar refractivity (Wildman–Crippen MR) is 100 cm³/mol. The van der Waals surface area contributed by atoms with Crippen molar-refractivity contribution >= 4 is 0 Å². The van der Waals surface area contributed by atoms with Gasteiger partial charge in [0.25, 0.3) is 0 Å². The standard InChI is InChI=1S/2C10H16N2/c1-7(2)9-5-10(8(3)4)12-6-11-9;1-7(2)9-5-6-11-10(12-9)8(3)4/h2*5-8H,1-4H3. The minimum Gasteiger partial charge on any atom is -0.241 e. The smallest absolute Gasteiger partial charge is 0.131 e. The quantitative estimate of drug-likeness (QED) is 0.749. The molecule has 2 aromatic rings. The Morgan fingerprint density at radius 1 is 0.625 bits per heavy atom. The van der Waals surface area contributed by atoms with E-state index < -0.39 is 0 Å². The van der Waals surface area contributed by atoms with Crippen LogP contribution in [0.15, 0.2) is 24.7 Å². The van der Waals surface area contributed by atoms with Crippen molar-refractivity contribution in [2.24, 2.45) is 0 Å². The van der Waals surface area contributed by atoms with Crippen LogP contribution >= 0.6 is 0 Å². The topological polar surface area (TPSA) is 51.6 Å². The fourth-order valence-corrected chi connectivity index (χ4v) is 2.01. The zero-order valence-corrected chi connectivity index (χ0v) is 16.4. The molecule has 24 heavy (non-hydrogen) atoms. The molecular formula is C20H32N4. The second-order valence-corrected chi connectivity index (χ2v) is 7.33. The van der Waals surface area contributed by atoms with Gasteiger partial charge in [-0.25, -0.2) is 19.9 Å². The zero-order valence-electron chi connectivity index (χ0n) is 16.4. The Labute approximate surface area is 147 Å². The summed E-state index contributed by atoms with van der Waals surface area (Å²) < 4.78 is 0. The largest absolute Gasteiger partial charge is 0.241 e. The summed E-state index contributed by atoms with van der Waals surface area (Å²) in [6, 6.07) is 4.08. The molecule has 0 unspecified atom stereocenters. The van der Waals surface area contributed by atoms with Crippen molar-refractivity contribution in [3.8, 4) is 0 Å². The SMILES string of the molecule is CC(C)c1cc(C(C)C)ncn1.CC(C)c1ccnc(C(C)C)n1. The van der Waals surface area contributed by atoms with Crippen molar-refractivity contribution in [2.45, 2.75) is 79.1 Å². The van der Waals surface area contributed by atoms with Gasteiger partial charge in [-0.15, -0.1) is 0 Å². The first-order valence-electron chi connectivity index (χ1n) is 8.87. The molecule has 132 valence electrons. The molecule has 0 fully saturated rings. The molecule has 0 atom stereocenters. The molecule has 0 amide bonds. The lowest BCUT2D eigenvalue weighted by molar-refractivity contribution is 0.729. The fourth-order valence-electron chi connectivity index (χ4n) is 2.01. The van der Waals surface area contributed by atoms with Crippen molar-refractivity contribution in [3.05, 3.63) is 47.6 Å². The molecule has 2 aromatic heterocycles. The molecule has 4 heteroatoms. The monoisotopic (exact) mass is 328 g/mol. The maximum Gasteiger partial charge on any atom is 0.131 e. The molecule has 0 bridgehead atoms. The highest BCUT2D eigenvalue weighted by Crippen LogP contribution is 2.16. The number of nitrogens with zero attached hydrogens (tertiary/aromatic N) is 4. The normalized spacial score (nSPS) is 11.2. The number of hydrogen-bond donors (Lipinski definition) is 0. The van der Waals surface area contributed by atoms with E-state index in [2.05, 4.69) is 81.4 Å². The minimum absolute atomic E-state index is 0.420. The van der Waals surface area contributed by atoms with Gasteiger partial charge in [0.15, 0.2) is 0 Å². The summed E-state index contributed by atoms with van der Waals surface area (Å²) in [5.41, 5.74) is 3.40. The Bertz CT molecular complexity index is 517. The number of rotatable bonds is 4. The first-order chi connectivity index (χ1) is 11.2. The highest BCUT2D eigenvalue weighted by molar-refractivity contribution is 5.13. The molecule has 0 aliphatic heterocycles. The van der Waals surface area contributed by atoms with E-state index in [1.54, 1.807) is 6.33 Å². The molecule has 0 spiro atoms. The summed E-state index contributed by atoms with van der Waals surface area (Å²) in [4.78, 5) is 17.1. The molecule has 0 aliphatic rings. The molecule has 0 aliphatic carbocycles. The van der Waals surface area contributed by atoms with E-state index >= 15 is 0 Å². The molecule has 4 nitrogen and oxygen atoms in total. The highest BCUT2D eigenvalue weighted by atomic mass is 14.9. The average Bonchev–Trinajstić information content (AvgIpc) is 2.55. The highest BCUT2D eigenvalue weighted by Gasteiger charge is 2.06. The fraction of sp³-hybridized carbons (Fsp3) is 0.600. The minimum atomic E-state index is 0.420. The van der Waals surface area contributed by atoms with Gasteiger partial charge in [0, 0.05) is 29.2 Å². The van der Waals surface area contributed by atoms with Crippen molar-refractivity contribution in [1.82, 2.24) is 19.9 Å². The Balaban J connectivity index is 0.000000240. The average molecular weight is 329 g/mol. The molecule has 0 N–H and O–H groups in total. The van der Waals surface area contributed by atoms with E-state index in [-0.39, 0.29) is 0 Å². The predicted octanol–water partition coefficient (Wildman–Crippen LogP) is 5.45. The van der Waals surface area contributed by atoms with Gasteiger partial charge in [-0.1, -0.05) is 55.4 Å². The van der Waals surface area contributed by atoms with E-state index in [1.165, 1.54) is 0 Å². The van der Waals surface area contributed by atoms with Gasteiger partial charge in [-0.05, 0) is 29.9 Å². The molecule has 0 radical (unpaired) electrons. The van der Waals surface area contributed by atoms with Crippen LogP contribution in [0.1, 0.15) is 102 Å². The van der Waals surface area contributed by atoms with Gasteiger partial charge < -0.3 is 0 Å². The second kappa shape index (κ2) is 9.45.